The number of aromatic nitrogens is 2. The maximum atomic E-state index is 2.38. The lowest BCUT2D eigenvalue weighted by Crippen LogP contribution is -2.24. The molecule has 2 nitrogen and oxygen atoms in total. The van der Waals surface area contributed by atoms with Crippen molar-refractivity contribution in [3.63, 3.8) is 0 Å². The molecule has 0 fully saturated rings. The molecule has 0 bridgehead atoms. The quantitative estimate of drug-likeness (QED) is 0.470. The first-order chi connectivity index (χ1) is 7.77. The van der Waals surface area contributed by atoms with E-state index in [-0.39, 0.29) is 0 Å². The third kappa shape index (κ3) is 4.38. The van der Waals surface area contributed by atoms with Gasteiger partial charge in [0.05, 0.1) is 7.05 Å². The van der Waals surface area contributed by atoms with Gasteiger partial charge in [-0.2, -0.15) is 0 Å². The van der Waals surface area contributed by atoms with Crippen LogP contribution in [0.5, 0.6) is 0 Å². The van der Waals surface area contributed by atoms with Gasteiger partial charge in [0.15, 0.2) is 0 Å². The molecule has 2 heteroatoms. The molecule has 1 aromatic heterocycles. The molecule has 16 heavy (non-hydrogen) atoms. The second-order valence-corrected chi connectivity index (χ2v) is 4.82. The van der Waals surface area contributed by atoms with Gasteiger partial charge in [-0.05, 0) is 19.3 Å². The van der Waals surface area contributed by atoms with E-state index in [1.54, 1.807) is 0 Å². The molecule has 1 aromatic rings. The molecule has 0 saturated heterocycles. The Morgan fingerprint density at radius 2 is 1.88 bits per heavy atom. The highest BCUT2D eigenvalue weighted by Gasteiger charge is 2.14. The van der Waals surface area contributed by atoms with Gasteiger partial charge in [-0.1, -0.05) is 39.5 Å². The van der Waals surface area contributed by atoms with Crippen LogP contribution in [0, 0.1) is 0 Å². The molecule has 0 N–H and O–H groups in total. The number of nitrogens with zero attached hydrogens (tertiary/aromatic N) is 2. The Balaban J connectivity index is 2.41. The Morgan fingerprint density at radius 3 is 2.44 bits per heavy atom. The van der Waals surface area contributed by atoms with Crippen LogP contribution in [0.3, 0.4) is 0 Å². The van der Waals surface area contributed by atoms with E-state index in [2.05, 4.69) is 48.8 Å². The zero-order chi connectivity index (χ0) is 11.8. The maximum absolute atomic E-state index is 2.38. The van der Waals surface area contributed by atoms with Crippen molar-refractivity contribution in [1.29, 1.82) is 0 Å². The van der Waals surface area contributed by atoms with Crippen molar-refractivity contribution >= 4 is 0 Å². The van der Waals surface area contributed by atoms with E-state index in [9.17, 15) is 0 Å². The minimum atomic E-state index is 0.711. The molecule has 0 amide bonds. The summed E-state index contributed by atoms with van der Waals surface area (Å²) in [4.78, 5) is 0. The lowest BCUT2D eigenvalue weighted by molar-refractivity contribution is -0.671. The zero-order valence-electron chi connectivity index (χ0n) is 11.2. The normalized spacial score (nSPS) is 12.9. The van der Waals surface area contributed by atoms with Crippen molar-refractivity contribution in [2.75, 3.05) is 0 Å². The summed E-state index contributed by atoms with van der Waals surface area (Å²) in [5.41, 5.74) is 0. The highest BCUT2D eigenvalue weighted by atomic mass is 15.1. The van der Waals surface area contributed by atoms with Gasteiger partial charge in [0, 0.05) is 0 Å². The van der Waals surface area contributed by atoms with Crippen LogP contribution in [0.25, 0.3) is 0 Å². The Bertz CT molecular complexity index is 278. The fraction of sp³-hybridized carbons (Fsp3) is 0.786. The number of hydrogen-bond acceptors (Lipinski definition) is 0. The second-order valence-electron chi connectivity index (χ2n) is 4.82. The fourth-order valence-electron chi connectivity index (χ4n) is 2.27. The fourth-order valence-corrected chi connectivity index (χ4v) is 2.27. The van der Waals surface area contributed by atoms with Gasteiger partial charge in [-0.3, -0.25) is 0 Å². The average molecular weight is 223 g/mol. The highest BCUT2D eigenvalue weighted by molar-refractivity contribution is 4.75. The van der Waals surface area contributed by atoms with E-state index in [0.717, 1.165) is 0 Å². The smallest absolute Gasteiger partial charge is 0.240 e. The van der Waals surface area contributed by atoms with Crippen LogP contribution in [0.4, 0.5) is 0 Å². The molecule has 1 heterocycles. The summed E-state index contributed by atoms with van der Waals surface area (Å²) in [6, 6.07) is 0.711. The van der Waals surface area contributed by atoms with E-state index < -0.39 is 0 Å². The Morgan fingerprint density at radius 1 is 1.06 bits per heavy atom. The molecule has 1 atom stereocenters. The SMILES string of the molecule is CCCCCCC(CCC)n1cc[n+](C)c1. The largest absolute Gasteiger partial charge is 0.243 e. The molecular formula is C14H27N2+. The van der Waals surface area contributed by atoms with Gasteiger partial charge in [0.25, 0.3) is 0 Å². The van der Waals surface area contributed by atoms with E-state index in [1.807, 2.05) is 0 Å². The van der Waals surface area contributed by atoms with Crippen molar-refractivity contribution in [1.82, 2.24) is 4.57 Å². The third-order valence-corrected chi connectivity index (χ3v) is 3.22. The van der Waals surface area contributed by atoms with Crippen molar-refractivity contribution in [3.8, 4) is 0 Å². The van der Waals surface area contributed by atoms with Gasteiger partial charge < -0.3 is 0 Å². The number of hydrogen-bond donors (Lipinski definition) is 0. The minimum absolute atomic E-state index is 0.711. The first-order valence-electron chi connectivity index (χ1n) is 6.80. The monoisotopic (exact) mass is 223 g/mol. The standard InChI is InChI=1S/C14H27N2/c1-4-6-7-8-10-14(9-5-2)16-12-11-15(3)13-16/h11-14H,4-10H2,1-3H3/q+1. The molecule has 0 aromatic carbocycles. The number of imidazole rings is 1. The Kier molecular flexibility index (Phi) is 6.20. The van der Waals surface area contributed by atoms with E-state index in [0.29, 0.717) is 6.04 Å². The molecule has 0 radical (unpaired) electrons. The summed E-state index contributed by atoms with van der Waals surface area (Å²) in [5, 5.41) is 0. The van der Waals surface area contributed by atoms with Crippen molar-refractivity contribution < 1.29 is 4.57 Å². The van der Waals surface area contributed by atoms with Crippen LogP contribution in [-0.4, -0.2) is 4.57 Å². The maximum Gasteiger partial charge on any atom is 0.243 e. The van der Waals surface area contributed by atoms with Gasteiger partial charge >= 0.3 is 0 Å². The highest BCUT2D eigenvalue weighted by Crippen LogP contribution is 2.20. The predicted octanol–water partition coefficient (Wildman–Crippen LogP) is 3.62. The second kappa shape index (κ2) is 7.48. The Labute approximate surface area is 100 Å². The number of rotatable bonds is 8. The first kappa shape index (κ1) is 13.3. The number of unbranched alkanes of at least 4 members (excludes halogenated alkanes) is 3. The molecule has 0 spiro atoms. The summed E-state index contributed by atoms with van der Waals surface area (Å²) >= 11 is 0. The lowest BCUT2D eigenvalue weighted by Gasteiger charge is -2.12. The molecule has 1 rings (SSSR count). The van der Waals surface area contributed by atoms with Crippen molar-refractivity contribution in [2.45, 2.75) is 64.8 Å². The molecule has 92 valence electrons. The van der Waals surface area contributed by atoms with Crippen LogP contribution in [-0.2, 0) is 7.05 Å². The van der Waals surface area contributed by atoms with Gasteiger partial charge in [-0.25, -0.2) is 9.13 Å². The third-order valence-electron chi connectivity index (χ3n) is 3.22. The summed E-state index contributed by atoms with van der Waals surface area (Å²) in [6.45, 7) is 4.55. The van der Waals surface area contributed by atoms with Crippen LogP contribution in [0.1, 0.15) is 64.8 Å². The predicted molar refractivity (Wildman–Crippen MR) is 68.3 cm³/mol. The summed E-state index contributed by atoms with van der Waals surface area (Å²) in [7, 11) is 2.09. The van der Waals surface area contributed by atoms with Gasteiger partial charge in [0.2, 0.25) is 6.33 Å². The van der Waals surface area contributed by atoms with E-state index >= 15 is 0 Å². The first-order valence-corrected chi connectivity index (χ1v) is 6.80. The molecule has 1 unspecified atom stereocenters. The van der Waals surface area contributed by atoms with Crippen molar-refractivity contribution in [2.24, 2.45) is 7.05 Å². The summed E-state index contributed by atoms with van der Waals surface area (Å²) in [5.74, 6) is 0. The van der Waals surface area contributed by atoms with Crippen LogP contribution >= 0.6 is 0 Å². The minimum Gasteiger partial charge on any atom is -0.240 e. The van der Waals surface area contributed by atoms with E-state index in [1.165, 1.54) is 44.9 Å². The molecule has 0 saturated carbocycles. The Hall–Kier alpha value is -0.790. The molecule has 0 aliphatic rings. The molecule has 0 aliphatic carbocycles. The van der Waals surface area contributed by atoms with Gasteiger partial charge in [0.1, 0.15) is 18.4 Å². The summed E-state index contributed by atoms with van der Waals surface area (Å²) < 4.78 is 4.52. The lowest BCUT2D eigenvalue weighted by atomic mass is 10.0. The zero-order valence-corrected chi connectivity index (χ0v) is 11.2. The van der Waals surface area contributed by atoms with Crippen LogP contribution in [0.2, 0.25) is 0 Å². The van der Waals surface area contributed by atoms with Crippen LogP contribution in [0.15, 0.2) is 18.7 Å². The molecule has 0 aliphatic heterocycles. The van der Waals surface area contributed by atoms with Crippen LogP contribution < -0.4 is 4.57 Å². The van der Waals surface area contributed by atoms with Crippen molar-refractivity contribution in [3.05, 3.63) is 18.7 Å². The summed E-state index contributed by atoms with van der Waals surface area (Å²) in [6.07, 6.45) is 16.0. The molecular weight excluding hydrogens is 196 g/mol. The average Bonchev–Trinajstić information content (AvgIpc) is 2.69. The number of aryl methyl sites for hydroxylation is 1. The van der Waals surface area contributed by atoms with Gasteiger partial charge in [-0.15, -0.1) is 0 Å². The topological polar surface area (TPSA) is 8.81 Å². The van der Waals surface area contributed by atoms with E-state index in [4.69, 9.17) is 0 Å².